The molecule has 0 bridgehead atoms. The summed E-state index contributed by atoms with van der Waals surface area (Å²) in [5, 5.41) is 82.3. The Morgan fingerprint density at radius 3 is 2.02 bits per heavy atom. The fraction of sp³-hybridized carbons (Fsp3) is 0.483. The Bertz CT molecular complexity index is 1550. The molecular formula is C29H34O16. The first-order chi connectivity index (χ1) is 21.3. The van der Waals surface area contributed by atoms with Gasteiger partial charge in [0.05, 0.1) is 26.9 Å². The number of phenols is 2. The SMILES string of the molecule is COc1cc(-c2cc(=O)c3c(O)cc(O[C@@H]4OC(CO[C@@H]5OC(C)[C@H](O)[C@H](O)C5O)[C@@H](O)[C@H](O)C4O)cc3o2)cc(OC)c1O. The molecule has 2 aliphatic rings. The van der Waals surface area contributed by atoms with Gasteiger partial charge in [0.1, 0.15) is 71.0 Å². The van der Waals surface area contributed by atoms with Gasteiger partial charge in [-0.15, -0.1) is 0 Å². The van der Waals surface area contributed by atoms with E-state index in [-0.39, 0.29) is 39.7 Å². The predicted molar refractivity (Wildman–Crippen MR) is 150 cm³/mol. The number of methoxy groups -OCH3 is 2. The highest BCUT2D eigenvalue weighted by Gasteiger charge is 2.47. The smallest absolute Gasteiger partial charge is 0.229 e. The average molecular weight is 639 g/mol. The molecule has 45 heavy (non-hydrogen) atoms. The summed E-state index contributed by atoms with van der Waals surface area (Å²) in [6.07, 6.45) is -15.1. The Labute approximate surface area is 254 Å². The lowest BCUT2D eigenvalue weighted by atomic mass is 9.98. The van der Waals surface area contributed by atoms with E-state index in [0.29, 0.717) is 5.56 Å². The normalized spacial score (nSPS) is 31.9. The lowest BCUT2D eigenvalue weighted by Gasteiger charge is -2.42. The molecule has 246 valence electrons. The van der Waals surface area contributed by atoms with E-state index in [0.717, 1.165) is 12.1 Å². The molecule has 0 aliphatic carbocycles. The van der Waals surface area contributed by atoms with E-state index in [9.17, 15) is 45.6 Å². The van der Waals surface area contributed by atoms with Crippen LogP contribution in [0.15, 0.2) is 39.5 Å². The maximum atomic E-state index is 13.0. The van der Waals surface area contributed by atoms with Crippen LogP contribution in [0.5, 0.6) is 28.7 Å². The second-order valence-electron chi connectivity index (χ2n) is 10.7. The molecule has 0 radical (unpaired) electrons. The van der Waals surface area contributed by atoms with Crippen molar-refractivity contribution in [3.05, 3.63) is 40.6 Å². The number of fused-ring (bicyclic) bond motifs is 1. The summed E-state index contributed by atoms with van der Waals surface area (Å²) in [5.74, 6) is -0.858. The number of benzene rings is 2. The number of aliphatic hydroxyl groups excluding tert-OH is 6. The van der Waals surface area contributed by atoms with Crippen LogP contribution < -0.4 is 19.6 Å². The van der Waals surface area contributed by atoms with Crippen molar-refractivity contribution in [1.82, 2.24) is 0 Å². The standard InChI is InChI=1S/C29H34O16/c1-10-21(32)24(35)26(37)28(42-10)41-9-19-23(34)25(36)27(38)29(45-19)43-12-6-13(30)20-14(31)8-15(44-16(20)7-12)11-4-17(39-2)22(33)18(5-11)40-3/h4-8,10,19,21,23-30,32-38H,9H2,1-3H3/t10?,19?,21-,23+,24-,25-,26?,27?,28+,29+/m0/s1. The fourth-order valence-electron chi connectivity index (χ4n) is 5.12. The van der Waals surface area contributed by atoms with Crippen LogP contribution in [0.4, 0.5) is 0 Å². The van der Waals surface area contributed by atoms with Gasteiger partial charge in [-0.1, -0.05) is 0 Å². The van der Waals surface area contributed by atoms with E-state index < -0.39 is 79.2 Å². The quantitative estimate of drug-likeness (QED) is 0.146. The molecule has 16 nitrogen and oxygen atoms in total. The van der Waals surface area contributed by atoms with Gasteiger partial charge >= 0.3 is 0 Å². The first-order valence-corrected chi connectivity index (χ1v) is 13.8. The molecule has 16 heteroatoms. The van der Waals surface area contributed by atoms with Crippen LogP contribution in [0.2, 0.25) is 0 Å². The summed E-state index contributed by atoms with van der Waals surface area (Å²) in [5.41, 5.74) is -0.464. The number of hydrogen-bond donors (Lipinski definition) is 8. The minimum atomic E-state index is -1.79. The van der Waals surface area contributed by atoms with Crippen molar-refractivity contribution in [3.8, 4) is 40.1 Å². The van der Waals surface area contributed by atoms with E-state index in [1.807, 2.05) is 0 Å². The van der Waals surface area contributed by atoms with Crippen LogP contribution >= 0.6 is 0 Å². The third kappa shape index (κ3) is 6.24. The van der Waals surface area contributed by atoms with Gasteiger partial charge in [-0.05, 0) is 19.1 Å². The predicted octanol–water partition coefficient (Wildman–Crippen LogP) is -1.08. The summed E-state index contributed by atoms with van der Waals surface area (Å²) in [6, 6.07) is 6.23. The lowest BCUT2D eigenvalue weighted by Crippen LogP contribution is -2.61. The molecular weight excluding hydrogens is 604 g/mol. The maximum absolute atomic E-state index is 13.0. The highest BCUT2D eigenvalue weighted by atomic mass is 16.7. The molecule has 3 heterocycles. The topological polar surface area (TPSA) is 247 Å². The van der Waals surface area contributed by atoms with Crippen molar-refractivity contribution in [2.45, 2.75) is 68.3 Å². The highest BCUT2D eigenvalue weighted by molar-refractivity contribution is 5.86. The Kier molecular flexibility index (Phi) is 9.41. The van der Waals surface area contributed by atoms with Crippen molar-refractivity contribution in [1.29, 1.82) is 0 Å². The van der Waals surface area contributed by atoms with E-state index in [4.69, 9.17) is 32.8 Å². The minimum Gasteiger partial charge on any atom is -0.507 e. The lowest BCUT2D eigenvalue weighted by molar-refractivity contribution is -0.318. The van der Waals surface area contributed by atoms with Crippen molar-refractivity contribution in [2.24, 2.45) is 0 Å². The maximum Gasteiger partial charge on any atom is 0.229 e. The molecule has 10 atom stereocenters. The van der Waals surface area contributed by atoms with E-state index in [1.54, 1.807) is 0 Å². The van der Waals surface area contributed by atoms with Crippen molar-refractivity contribution in [2.75, 3.05) is 20.8 Å². The third-order valence-electron chi connectivity index (χ3n) is 7.70. The highest BCUT2D eigenvalue weighted by Crippen LogP contribution is 2.41. The molecule has 5 rings (SSSR count). The van der Waals surface area contributed by atoms with E-state index in [2.05, 4.69) is 0 Å². The van der Waals surface area contributed by atoms with Crippen molar-refractivity contribution in [3.63, 3.8) is 0 Å². The van der Waals surface area contributed by atoms with Crippen molar-refractivity contribution >= 4 is 11.0 Å². The zero-order valence-corrected chi connectivity index (χ0v) is 24.2. The van der Waals surface area contributed by atoms with Crippen LogP contribution in [0.1, 0.15) is 6.92 Å². The number of aliphatic hydroxyl groups is 6. The second-order valence-corrected chi connectivity index (χ2v) is 10.7. The van der Waals surface area contributed by atoms with Gasteiger partial charge in [0.2, 0.25) is 12.0 Å². The number of phenolic OH excluding ortho intramolecular Hbond substituents is 2. The minimum absolute atomic E-state index is 0.0180. The molecule has 1 aromatic heterocycles. The van der Waals surface area contributed by atoms with Gasteiger partial charge in [0.25, 0.3) is 0 Å². The van der Waals surface area contributed by atoms with Crippen LogP contribution in [-0.4, -0.2) is 123 Å². The Hall–Kier alpha value is -3.71. The largest absolute Gasteiger partial charge is 0.507 e. The van der Waals surface area contributed by atoms with Gasteiger partial charge in [-0.2, -0.15) is 0 Å². The number of hydrogen-bond acceptors (Lipinski definition) is 16. The third-order valence-corrected chi connectivity index (χ3v) is 7.70. The Balaban J connectivity index is 1.39. The van der Waals surface area contributed by atoms with Gasteiger partial charge in [-0.25, -0.2) is 0 Å². The summed E-state index contributed by atoms with van der Waals surface area (Å²) in [7, 11) is 2.65. The summed E-state index contributed by atoms with van der Waals surface area (Å²) in [4.78, 5) is 13.0. The van der Waals surface area contributed by atoms with E-state index >= 15 is 0 Å². The van der Waals surface area contributed by atoms with Crippen LogP contribution in [0.25, 0.3) is 22.3 Å². The molecule has 3 aromatic rings. The number of aromatic hydroxyl groups is 2. The number of rotatable bonds is 8. The molecule has 8 N–H and O–H groups in total. The molecule has 2 saturated heterocycles. The summed E-state index contributed by atoms with van der Waals surface area (Å²) < 4.78 is 38.4. The summed E-state index contributed by atoms with van der Waals surface area (Å²) in [6.45, 7) is 0.942. The Morgan fingerprint density at radius 2 is 1.38 bits per heavy atom. The molecule has 0 amide bonds. The summed E-state index contributed by atoms with van der Waals surface area (Å²) >= 11 is 0. The van der Waals surface area contributed by atoms with Crippen molar-refractivity contribution < 1.29 is 73.7 Å². The molecule has 0 saturated carbocycles. The first kappa shape index (κ1) is 32.7. The van der Waals surface area contributed by atoms with E-state index in [1.165, 1.54) is 39.3 Å². The second kappa shape index (κ2) is 13.0. The molecule has 4 unspecified atom stereocenters. The zero-order valence-electron chi connectivity index (χ0n) is 24.2. The molecule has 2 aromatic carbocycles. The van der Waals surface area contributed by atoms with Crippen LogP contribution in [0.3, 0.4) is 0 Å². The average Bonchev–Trinajstić information content (AvgIpc) is 3.01. The van der Waals surface area contributed by atoms with Gasteiger partial charge in [0.15, 0.2) is 23.2 Å². The Morgan fingerprint density at radius 1 is 0.756 bits per heavy atom. The molecule has 2 fully saturated rings. The fourth-order valence-corrected chi connectivity index (χ4v) is 5.12. The van der Waals surface area contributed by atoms with Gasteiger partial charge < -0.3 is 73.7 Å². The molecule has 0 spiro atoms. The van der Waals surface area contributed by atoms with Crippen LogP contribution in [-0.2, 0) is 14.2 Å². The van der Waals surface area contributed by atoms with Crippen LogP contribution in [0, 0.1) is 0 Å². The monoisotopic (exact) mass is 638 g/mol. The zero-order chi connectivity index (χ0) is 32.7. The first-order valence-electron chi connectivity index (χ1n) is 13.8. The van der Waals surface area contributed by atoms with Gasteiger partial charge in [-0.3, -0.25) is 4.79 Å². The number of ether oxygens (including phenoxy) is 6. The van der Waals surface area contributed by atoms with Gasteiger partial charge in [0, 0.05) is 23.8 Å². The molecule has 2 aliphatic heterocycles.